The van der Waals surface area contributed by atoms with Gasteiger partial charge in [-0.1, -0.05) is 58.2 Å². The molecule has 1 aromatic heterocycles. The number of hydrogen-bond acceptors (Lipinski definition) is 4. The lowest BCUT2D eigenvalue weighted by Gasteiger charge is -2.27. The summed E-state index contributed by atoms with van der Waals surface area (Å²) in [6.07, 6.45) is 0.0223. The molecule has 12 heteroatoms. The quantitative estimate of drug-likeness (QED) is 0.403. The van der Waals surface area contributed by atoms with Crippen LogP contribution in [-0.4, -0.2) is 36.6 Å². The van der Waals surface area contributed by atoms with Crippen LogP contribution in [-0.2, 0) is 24.4 Å². The van der Waals surface area contributed by atoms with Crippen LogP contribution in [0.2, 0.25) is 5.15 Å². The maximum absolute atomic E-state index is 15.0. The van der Waals surface area contributed by atoms with E-state index in [0.717, 1.165) is 45.6 Å². The molecule has 0 spiro atoms. The van der Waals surface area contributed by atoms with Crippen LogP contribution in [0, 0.1) is 23.1 Å². The fourth-order valence-electron chi connectivity index (χ4n) is 4.38. The van der Waals surface area contributed by atoms with Gasteiger partial charge in [0.05, 0.1) is 11.1 Å². The molecule has 1 amide bonds. The molecule has 37 heavy (non-hydrogen) atoms. The molecule has 2 aromatic rings. The van der Waals surface area contributed by atoms with E-state index in [2.05, 4.69) is 17.2 Å². The van der Waals surface area contributed by atoms with Crippen molar-refractivity contribution in [2.45, 2.75) is 72.4 Å². The molecular formula is C25H32ClF4N3O3S. The molecule has 1 heterocycles. The Kier molecular flexibility index (Phi) is 10.9. The van der Waals surface area contributed by atoms with Crippen molar-refractivity contribution < 1.29 is 30.8 Å². The Morgan fingerprint density at radius 3 is 2.30 bits per heavy atom. The Bertz CT molecular complexity index is 1120. The van der Waals surface area contributed by atoms with Gasteiger partial charge in [0, 0.05) is 13.0 Å². The summed E-state index contributed by atoms with van der Waals surface area (Å²) in [5.41, 5.74) is -1.71. The summed E-state index contributed by atoms with van der Waals surface area (Å²) in [7, 11) is 0. The van der Waals surface area contributed by atoms with Crippen molar-refractivity contribution in [1.82, 2.24) is 14.9 Å². The van der Waals surface area contributed by atoms with Gasteiger partial charge in [-0.15, -0.1) is 0 Å². The SMILES string of the molecule is CCc1nc(C(=O)NCC2CCC(C)CC2)c(Cl)n1-c1ccc(CC(C)(C)C(F)(F)F)cc1F.O=S=O. The number of carbonyl (C=O) groups excluding carboxylic acids is 1. The normalized spacial score (nSPS) is 18.1. The lowest BCUT2D eigenvalue weighted by molar-refractivity contribution is -0.211. The van der Waals surface area contributed by atoms with Gasteiger partial charge in [-0.25, -0.2) is 9.37 Å². The molecule has 1 N–H and O–H groups in total. The molecule has 0 unspecified atom stereocenters. The zero-order valence-electron chi connectivity index (χ0n) is 21.3. The van der Waals surface area contributed by atoms with Crippen LogP contribution in [0.1, 0.15) is 75.3 Å². The van der Waals surface area contributed by atoms with Crippen LogP contribution in [0.3, 0.4) is 0 Å². The van der Waals surface area contributed by atoms with Crippen molar-refractivity contribution in [3.63, 3.8) is 0 Å². The van der Waals surface area contributed by atoms with E-state index < -0.39 is 34.9 Å². The summed E-state index contributed by atoms with van der Waals surface area (Å²) in [4.78, 5) is 17.1. The van der Waals surface area contributed by atoms with Gasteiger partial charge in [0.2, 0.25) is 0 Å². The van der Waals surface area contributed by atoms with Crippen LogP contribution >= 0.6 is 11.6 Å². The smallest absolute Gasteiger partial charge is 0.350 e. The minimum Gasteiger partial charge on any atom is -0.350 e. The van der Waals surface area contributed by atoms with Crippen LogP contribution in [0.25, 0.3) is 5.69 Å². The van der Waals surface area contributed by atoms with E-state index in [-0.39, 0.29) is 28.5 Å². The number of hydrogen-bond donors (Lipinski definition) is 1. The van der Waals surface area contributed by atoms with Crippen LogP contribution in [0.5, 0.6) is 0 Å². The van der Waals surface area contributed by atoms with Gasteiger partial charge in [-0.2, -0.15) is 21.6 Å². The first-order valence-corrected chi connectivity index (χ1v) is 13.1. The fraction of sp³-hybridized carbons (Fsp3) is 0.600. The van der Waals surface area contributed by atoms with E-state index in [1.165, 1.54) is 16.7 Å². The van der Waals surface area contributed by atoms with E-state index in [1.807, 2.05) is 0 Å². The predicted molar refractivity (Wildman–Crippen MR) is 134 cm³/mol. The number of amides is 1. The van der Waals surface area contributed by atoms with Crippen molar-refractivity contribution in [3.05, 3.63) is 46.3 Å². The van der Waals surface area contributed by atoms with Crippen LogP contribution < -0.4 is 5.32 Å². The highest BCUT2D eigenvalue weighted by molar-refractivity contribution is 7.51. The number of rotatable bonds is 7. The maximum Gasteiger partial charge on any atom is 0.394 e. The lowest BCUT2D eigenvalue weighted by Crippen LogP contribution is -2.34. The van der Waals surface area contributed by atoms with Gasteiger partial charge in [0.25, 0.3) is 5.91 Å². The Morgan fingerprint density at radius 2 is 1.78 bits per heavy atom. The van der Waals surface area contributed by atoms with Crippen molar-refractivity contribution in [2.75, 3.05) is 6.54 Å². The van der Waals surface area contributed by atoms with E-state index >= 15 is 4.39 Å². The number of aryl methyl sites for hydroxylation is 1. The molecule has 1 aliphatic carbocycles. The molecule has 1 aliphatic rings. The minimum atomic E-state index is -4.41. The molecule has 1 fully saturated rings. The maximum atomic E-state index is 15.0. The number of carbonyl (C=O) groups is 1. The van der Waals surface area contributed by atoms with Gasteiger partial charge in [-0.05, 0) is 48.8 Å². The number of halogens is 5. The third-order valence-electron chi connectivity index (χ3n) is 6.78. The average molecular weight is 566 g/mol. The second-order valence-electron chi connectivity index (χ2n) is 10.1. The molecule has 6 nitrogen and oxygen atoms in total. The second kappa shape index (κ2) is 13.0. The molecule has 0 atom stereocenters. The third-order valence-corrected chi connectivity index (χ3v) is 7.12. The number of imidazole rings is 1. The molecule has 0 aliphatic heterocycles. The average Bonchev–Trinajstić information content (AvgIpc) is 3.14. The molecule has 206 valence electrons. The number of aromatic nitrogens is 2. The van der Waals surface area contributed by atoms with Gasteiger partial charge in [-0.3, -0.25) is 9.36 Å². The lowest BCUT2D eigenvalue weighted by atomic mass is 9.83. The Balaban J connectivity index is 0.00000153. The zero-order valence-corrected chi connectivity index (χ0v) is 22.8. The van der Waals surface area contributed by atoms with Crippen molar-refractivity contribution >= 4 is 29.1 Å². The van der Waals surface area contributed by atoms with E-state index in [9.17, 15) is 18.0 Å². The van der Waals surface area contributed by atoms with E-state index in [4.69, 9.17) is 20.0 Å². The van der Waals surface area contributed by atoms with Gasteiger partial charge in [0.1, 0.15) is 16.8 Å². The molecule has 0 radical (unpaired) electrons. The van der Waals surface area contributed by atoms with Gasteiger partial charge in [0.15, 0.2) is 5.69 Å². The molecule has 0 saturated heterocycles. The highest BCUT2D eigenvalue weighted by Gasteiger charge is 2.47. The van der Waals surface area contributed by atoms with Crippen molar-refractivity contribution in [3.8, 4) is 5.69 Å². The largest absolute Gasteiger partial charge is 0.394 e. The van der Waals surface area contributed by atoms with Crippen molar-refractivity contribution in [1.29, 1.82) is 0 Å². The Morgan fingerprint density at radius 1 is 1.19 bits per heavy atom. The van der Waals surface area contributed by atoms with Crippen molar-refractivity contribution in [2.24, 2.45) is 17.3 Å². The third kappa shape index (κ3) is 7.86. The second-order valence-corrected chi connectivity index (χ2v) is 10.6. The topological polar surface area (TPSA) is 81.1 Å². The Labute approximate surface area is 222 Å². The number of nitrogens with one attached hydrogen (secondary N) is 1. The summed E-state index contributed by atoms with van der Waals surface area (Å²) >= 11 is 5.73. The monoisotopic (exact) mass is 565 g/mol. The first-order chi connectivity index (χ1) is 17.2. The summed E-state index contributed by atoms with van der Waals surface area (Å²) in [6, 6.07) is 3.92. The van der Waals surface area contributed by atoms with Crippen LogP contribution in [0.15, 0.2) is 18.2 Å². The first-order valence-electron chi connectivity index (χ1n) is 12.1. The molecule has 1 aromatic carbocycles. The van der Waals surface area contributed by atoms with Gasteiger partial charge < -0.3 is 5.32 Å². The number of alkyl halides is 3. The number of benzene rings is 1. The molecular weight excluding hydrogens is 534 g/mol. The Hall–Kier alpha value is -2.27. The predicted octanol–water partition coefficient (Wildman–Crippen LogP) is 6.24. The van der Waals surface area contributed by atoms with Gasteiger partial charge >= 0.3 is 17.7 Å². The molecule has 0 bridgehead atoms. The van der Waals surface area contributed by atoms with Crippen LogP contribution in [0.4, 0.5) is 17.6 Å². The summed E-state index contributed by atoms with van der Waals surface area (Å²) in [6.45, 7) is 6.74. The molecule has 3 rings (SSSR count). The minimum absolute atomic E-state index is 0.0179. The number of nitrogens with zero attached hydrogens (tertiary/aromatic N) is 2. The van der Waals surface area contributed by atoms with E-state index in [0.29, 0.717) is 30.6 Å². The summed E-state index contributed by atoms with van der Waals surface area (Å²) in [5.74, 6) is 0.375. The zero-order chi connectivity index (χ0) is 28.0. The fourth-order valence-corrected chi connectivity index (χ4v) is 4.69. The summed E-state index contributed by atoms with van der Waals surface area (Å²) < 4.78 is 72.7. The highest BCUT2D eigenvalue weighted by Crippen LogP contribution is 2.40. The standard InChI is InChI=1S/C25H32ClF4N3O.O2S/c1-5-20-32-21(23(34)31-14-16-8-6-15(2)7-9-16)22(26)33(20)19-11-10-17(12-18(19)27)13-24(3,4)25(28,29)30;1-3-2/h10-12,15-16H,5-9,13-14H2,1-4H3,(H,31,34);. The highest BCUT2D eigenvalue weighted by atomic mass is 35.5. The van der Waals surface area contributed by atoms with E-state index in [1.54, 1.807) is 6.92 Å². The molecule has 1 saturated carbocycles. The first kappa shape index (κ1) is 31.0. The summed E-state index contributed by atoms with van der Waals surface area (Å²) in [5, 5.41) is 2.88.